The molecule has 43 heavy (non-hydrogen) atoms. The minimum atomic E-state index is 0.484. The van der Waals surface area contributed by atoms with Crippen LogP contribution in [0.5, 0.6) is 0 Å². The summed E-state index contributed by atoms with van der Waals surface area (Å²) in [5.74, 6) is 0. The molecule has 2 aromatic heterocycles. The van der Waals surface area contributed by atoms with Gasteiger partial charge in [-0.3, -0.25) is 9.88 Å². The molecule has 1 aliphatic heterocycles. The summed E-state index contributed by atoms with van der Waals surface area (Å²) in [5, 5.41) is 18.4. The zero-order valence-electron chi connectivity index (χ0n) is 23.7. The van der Waals surface area contributed by atoms with Crippen LogP contribution in [-0.4, -0.2) is 49.3 Å². The monoisotopic (exact) mass is 625 g/mol. The fourth-order valence-electron chi connectivity index (χ4n) is 5.08. The summed E-state index contributed by atoms with van der Waals surface area (Å²) < 4.78 is 5.43. The van der Waals surface area contributed by atoms with Crippen molar-refractivity contribution >= 4 is 57.0 Å². The number of rotatable bonds is 11. The average Bonchev–Trinajstić information content (AvgIpc) is 3.52. The van der Waals surface area contributed by atoms with E-state index >= 15 is 0 Å². The highest BCUT2D eigenvalue weighted by Gasteiger charge is 2.13. The number of morpholine rings is 1. The number of hydrogen-bond acceptors (Lipinski definition) is 8. The highest BCUT2D eigenvalue weighted by molar-refractivity contribution is 7.99. The topological polar surface area (TPSA) is 73.2 Å². The predicted molar refractivity (Wildman–Crippen MR) is 179 cm³/mol. The quantitative estimate of drug-likeness (QED) is 0.143. The molecule has 218 valence electrons. The molecule has 5 aromatic rings. The number of anilines is 2. The maximum atomic E-state index is 9.85. The molecule has 0 saturated carbocycles. The molecular formula is C34H32ClN5OS2. The van der Waals surface area contributed by atoms with Crippen LogP contribution in [0.2, 0.25) is 5.02 Å². The Bertz CT molecular complexity index is 1730. The lowest BCUT2D eigenvalue weighted by molar-refractivity contribution is 0.0374. The number of fused-ring (bicyclic) bond motifs is 1. The van der Waals surface area contributed by atoms with Gasteiger partial charge in [0.1, 0.15) is 6.07 Å². The minimum Gasteiger partial charge on any atom is -0.379 e. The number of nitrogens with one attached hydrogen (secondary N) is 2. The molecule has 0 radical (unpaired) electrons. The summed E-state index contributed by atoms with van der Waals surface area (Å²) in [7, 11) is 0. The zero-order valence-corrected chi connectivity index (χ0v) is 26.1. The number of thiophene rings is 1. The molecular weight excluding hydrogens is 594 g/mol. The number of pyridine rings is 1. The van der Waals surface area contributed by atoms with E-state index in [1.165, 1.54) is 9.75 Å². The fourth-order valence-corrected chi connectivity index (χ4v) is 7.19. The maximum Gasteiger partial charge on any atom is 0.103 e. The lowest BCUT2D eigenvalue weighted by Crippen LogP contribution is -2.37. The first-order chi connectivity index (χ1) is 21.2. The van der Waals surface area contributed by atoms with Gasteiger partial charge in [0.2, 0.25) is 0 Å². The lowest BCUT2D eigenvalue weighted by Gasteiger charge is -2.26. The van der Waals surface area contributed by atoms with Crippen molar-refractivity contribution in [1.82, 2.24) is 15.2 Å². The van der Waals surface area contributed by atoms with E-state index < -0.39 is 0 Å². The van der Waals surface area contributed by atoms with Gasteiger partial charge in [-0.15, -0.1) is 11.3 Å². The summed E-state index contributed by atoms with van der Waals surface area (Å²) in [6, 6.07) is 29.0. The third-order valence-electron chi connectivity index (χ3n) is 7.34. The van der Waals surface area contributed by atoms with Crippen molar-refractivity contribution in [1.29, 1.82) is 5.26 Å². The fraction of sp³-hybridized carbons (Fsp3) is 0.235. The van der Waals surface area contributed by atoms with Crippen LogP contribution in [-0.2, 0) is 11.3 Å². The Morgan fingerprint density at radius 2 is 1.88 bits per heavy atom. The molecule has 0 atom stereocenters. The summed E-state index contributed by atoms with van der Waals surface area (Å²) in [6.45, 7) is 6.77. The number of nitriles is 1. The van der Waals surface area contributed by atoms with Crippen molar-refractivity contribution in [3.05, 3.63) is 101 Å². The molecule has 0 bridgehead atoms. The molecule has 3 aromatic carbocycles. The molecule has 0 spiro atoms. The van der Waals surface area contributed by atoms with Crippen LogP contribution in [0.3, 0.4) is 0 Å². The number of hydrogen-bond donors (Lipinski definition) is 2. The second-order valence-corrected chi connectivity index (χ2v) is 13.0. The Morgan fingerprint density at radius 3 is 2.70 bits per heavy atom. The standard InChI is InChI=1S/C34H32ClN5OS2/c35-30-20-26(8-11-33(30)42-27-5-2-1-3-6-27)39-34-25(21-36)22-38-31-19-24(7-10-29(31)34)32-12-9-28(43-32)23-37-13-4-14-40-15-17-41-18-16-40/h1-3,5-12,19-20,22,37H,4,13-18,23H2,(H,38,39). The van der Waals surface area contributed by atoms with Gasteiger partial charge in [0.05, 0.1) is 35.0 Å². The summed E-state index contributed by atoms with van der Waals surface area (Å²) in [5.41, 5.74) is 3.97. The van der Waals surface area contributed by atoms with Gasteiger partial charge in [-0.1, -0.05) is 53.7 Å². The van der Waals surface area contributed by atoms with Crippen LogP contribution in [0.15, 0.2) is 94.9 Å². The first-order valence-corrected chi connectivity index (χ1v) is 16.4. The Morgan fingerprint density at radius 1 is 1.02 bits per heavy atom. The number of halogens is 1. The Balaban J connectivity index is 1.13. The second-order valence-electron chi connectivity index (χ2n) is 10.3. The van der Waals surface area contributed by atoms with E-state index in [4.69, 9.17) is 16.3 Å². The molecule has 6 rings (SSSR count). The highest BCUT2D eigenvalue weighted by atomic mass is 35.5. The van der Waals surface area contributed by atoms with Crippen molar-refractivity contribution < 1.29 is 4.74 Å². The largest absolute Gasteiger partial charge is 0.379 e. The minimum absolute atomic E-state index is 0.484. The van der Waals surface area contributed by atoms with E-state index in [0.29, 0.717) is 10.6 Å². The van der Waals surface area contributed by atoms with E-state index in [1.807, 2.05) is 42.5 Å². The van der Waals surface area contributed by atoms with Crippen molar-refractivity contribution in [2.45, 2.75) is 22.8 Å². The third kappa shape index (κ3) is 7.57. The molecule has 6 nitrogen and oxygen atoms in total. The molecule has 1 saturated heterocycles. The van der Waals surface area contributed by atoms with Gasteiger partial charge >= 0.3 is 0 Å². The van der Waals surface area contributed by atoms with Gasteiger partial charge in [-0.25, -0.2) is 0 Å². The molecule has 0 aliphatic carbocycles. The van der Waals surface area contributed by atoms with Gasteiger partial charge in [0.15, 0.2) is 0 Å². The van der Waals surface area contributed by atoms with Crippen molar-refractivity contribution in [2.24, 2.45) is 0 Å². The van der Waals surface area contributed by atoms with Crippen LogP contribution in [0.4, 0.5) is 11.4 Å². The van der Waals surface area contributed by atoms with E-state index in [1.54, 1.807) is 29.3 Å². The molecule has 9 heteroatoms. The summed E-state index contributed by atoms with van der Waals surface area (Å²) in [6.07, 6.45) is 2.77. The Hall–Kier alpha value is -3.42. The van der Waals surface area contributed by atoms with Crippen LogP contribution in [0.25, 0.3) is 21.3 Å². The van der Waals surface area contributed by atoms with Crippen LogP contribution in [0.1, 0.15) is 16.9 Å². The van der Waals surface area contributed by atoms with E-state index in [2.05, 4.69) is 63.0 Å². The highest BCUT2D eigenvalue weighted by Crippen LogP contribution is 2.37. The molecule has 1 aliphatic rings. The third-order valence-corrected chi connectivity index (χ3v) is 9.98. The summed E-state index contributed by atoms with van der Waals surface area (Å²) in [4.78, 5) is 11.7. The van der Waals surface area contributed by atoms with E-state index in [9.17, 15) is 5.26 Å². The van der Waals surface area contributed by atoms with Crippen LogP contribution >= 0.6 is 34.7 Å². The van der Waals surface area contributed by atoms with Crippen molar-refractivity contribution in [3.8, 4) is 16.5 Å². The number of aromatic nitrogens is 1. The SMILES string of the molecule is N#Cc1cnc2cc(-c3ccc(CNCCCN4CCOCC4)s3)ccc2c1Nc1ccc(Sc2ccccc2)c(Cl)c1. The number of nitrogens with zero attached hydrogens (tertiary/aromatic N) is 3. The smallest absolute Gasteiger partial charge is 0.103 e. The molecule has 0 amide bonds. The molecule has 0 unspecified atom stereocenters. The van der Waals surface area contributed by atoms with Crippen LogP contribution in [0, 0.1) is 11.3 Å². The molecule has 1 fully saturated rings. The first kappa shape index (κ1) is 29.6. The van der Waals surface area contributed by atoms with Crippen molar-refractivity contribution in [3.63, 3.8) is 0 Å². The predicted octanol–water partition coefficient (Wildman–Crippen LogP) is 8.20. The number of benzene rings is 3. The molecule has 2 N–H and O–H groups in total. The zero-order chi connectivity index (χ0) is 29.4. The van der Waals surface area contributed by atoms with Crippen LogP contribution < -0.4 is 10.6 Å². The van der Waals surface area contributed by atoms with Crippen molar-refractivity contribution in [2.75, 3.05) is 44.7 Å². The summed E-state index contributed by atoms with van der Waals surface area (Å²) >= 11 is 10.1. The normalized spacial score (nSPS) is 13.7. The average molecular weight is 626 g/mol. The Labute approximate surface area is 265 Å². The van der Waals surface area contributed by atoms with Gasteiger partial charge in [0, 0.05) is 56.4 Å². The second kappa shape index (κ2) is 14.4. The molecule has 3 heterocycles. The van der Waals surface area contributed by atoms with E-state index in [0.717, 1.165) is 90.0 Å². The van der Waals surface area contributed by atoms with Gasteiger partial charge in [0.25, 0.3) is 0 Å². The Kier molecular flexibility index (Phi) is 9.90. The maximum absolute atomic E-state index is 9.85. The lowest BCUT2D eigenvalue weighted by atomic mass is 10.1. The van der Waals surface area contributed by atoms with Gasteiger partial charge in [-0.05, 0) is 73.6 Å². The number of ether oxygens (including phenoxy) is 1. The first-order valence-electron chi connectivity index (χ1n) is 14.4. The van der Waals surface area contributed by atoms with E-state index in [-0.39, 0.29) is 0 Å². The van der Waals surface area contributed by atoms with Gasteiger partial charge in [-0.2, -0.15) is 5.26 Å². The van der Waals surface area contributed by atoms with Gasteiger partial charge < -0.3 is 15.4 Å².